The van der Waals surface area contributed by atoms with Gasteiger partial charge in [-0.05, 0) is 53.0 Å². The Morgan fingerprint density at radius 1 is 1.15 bits per heavy atom. The first-order valence-corrected chi connectivity index (χ1v) is 12.5. The molecule has 3 aromatic heterocycles. The third-order valence-corrected chi connectivity index (χ3v) is 6.45. The van der Waals surface area contributed by atoms with Gasteiger partial charge in [-0.25, -0.2) is 9.97 Å². The van der Waals surface area contributed by atoms with E-state index in [1.165, 1.54) is 12.8 Å². The maximum absolute atomic E-state index is 12.9. The van der Waals surface area contributed by atoms with Gasteiger partial charge in [0.15, 0.2) is 17.3 Å². The highest BCUT2D eigenvalue weighted by Gasteiger charge is 2.24. The van der Waals surface area contributed by atoms with Crippen molar-refractivity contribution in [2.24, 2.45) is 20.0 Å². The molecule has 1 fully saturated rings. The summed E-state index contributed by atoms with van der Waals surface area (Å²) in [6.45, 7) is 0.611. The molecule has 0 saturated heterocycles. The van der Waals surface area contributed by atoms with Gasteiger partial charge in [0.2, 0.25) is 0 Å². The zero-order valence-electron chi connectivity index (χ0n) is 18.8. The molecule has 33 heavy (non-hydrogen) atoms. The summed E-state index contributed by atoms with van der Waals surface area (Å²) in [5, 5.41) is 5.64. The SMILES string of the molecule is Cn1cc(-c2ccc3c(=O)n(C)cc(-c4nc(C[S+](C)[O-])ncc4OCC4CC4)c3c2)cn1. The molecule has 3 heterocycles. The summed E-state index contributed by atoms with van der Waals surface area (Å²) in [6.07, 6.45) is 11.1. The number of ether oxygens (including phenoxy) is 1. The Morgan fingerprint density at radius 3 is 2.67 bits per heavy atom. The van der Waals surface area contributed by atoms with Gasteiger partial charge in [-0.1, -0.05) is 6.07 Å². The van der Waals surface area contributed by atoms with Gasteiger partial charge in [0, 0.05) is 43.0 Å². The van der Waals surface area contributed by atoms with E-state index in [4.69, 9.17) is 9.72 Å². The normalized spacial score (nSPS) is 14.5. The highest BCUT2D eigenvalue weighted by molar-refractivity contribution is 7.89. The molecule has 1 atom stereocenters. The summed E-state index contributed by atoms with van der Waals surface area (Å²) in [5.41, 5.74) is 3.20. The van der Waals surface area contributed by atoms with Gasteiger partial charge in [0.25, 0.3) is 5.56 Å². The molecule has 5 rings (SSSR count). The van der Waals surface area contributed by atoms with Gasteiger partial charge in [-0.15, -0.1) is 0 Å². The molecule has 1 unspecified atom stereocenters. The van der Waals surface area contributed by atoms with Crippen molar-refractivity contribution in [1.29, 1.82) is 0 Å². The van der Waals surface area contributed by atoms with E-state index in [1.807, 2.05) is 31.4 Å². The number of rotatable bonds is 7. The minimum atomic E-state index is -1.08. The molecule has 9 heteroatoms. The van der Waals surface area contributed by atoms with Crippen LogP contribution in [0.25, 0.3) is 33.2 Å². The van der Waals surface area contributed by atoms with Crippen molar-refractivity contribution in [3.8, 4) is 28.1 Å². The molecule has 0 aliphatic heterocycles. The Morgan fingerprint density at radius 2 is 1.97 bits per heavy atom. The minimum absolute atomic E-state index is 0.0872. The fourth-order valence-electron chi connectivity index (χ4n) is 3.85. The van der Waals surface area contributed by atoms with Crippen molar-refractivity contribution < 1.29 is 9.29 Å². The number of benzene rings is 1. The van der Waals surface area contributed by atoms with Crippen LogP contribution in [0.2, 0.25) is 0 Å². The lowest BCUT2D eigenvalue weighted by molar-refractivity contribution is 0.298. The Balaban J connectivity index is 1.71. The van der Waals surface area contributed by atoms with Crippen LogP contribution in [0.4, 0.5) is 0 Å². The van der Waals surface area contributed by atoms with E-state index >= 15 is 0 Å². The van der Waals surface area contributed by atoms with Crippen molar-refractivity contribution >= 4 is 21.9 Å². The van der Waals surface area contributed by atoms with Crippen LogP contribution in [0.5, 0.6) is 5.75 Å². The molecule has 0 amide bonds. The zero-order chi connectivity index (χ0) is 23.1. The monoisotopic (exact) mass is 463 g/mol. The van der Waals surface area contributed by atoms with E-state index in [-0.39, 0.29) is 11.3 Å². The van der Waals surface area contributed by atoms with E-state index in [1.54, 1.807) is 41.1 Å². The highest BCUT2D eigenvalue weighted by atomic mass is 32.2. The maximum Gasteiger partial charge on any atom is 0.258 e. The molecule has 0 N–H and O–H groups in total. The van der Waals surface area contributed by atoms with Crippen molar-refractivity contribution in [1.82, 2.24) is 24.3 Å². The smallest absolute Gasteiger partial charge is 0.258 e. The van der Waals surface area contributed by atoms with Crippen molar-refractivity contribution in [3.63, 3.8) is 0 Å². The number of hydrogen-bond donors (Lipinski definition) is 0. The molecule has 1 aliphatic rings. The Hall–Kier alpha value is -3.17. The maximum atomic E-state index is 12.9. The summed E-state index contributed by atoms with van der Waals surface area (Å²) in [4.78, 5) is 22.1. The molecule has 1 aromatic carbocycles. The first-order valence-electron chi connectivity index (χ1n) is 10.8. The van der Waals surface area contributed by atoms with Crippen LogP contribution < -0.4 is 10.3 Å². The Kier molecular flexibility index (Phi) is 5.67. The third-order valence-electron chi connectivity index (χ3n) is 5.79. The lowest BCUT2D eigenvalue weighted by Gasteiger charge is -2.15. The fourth-order valence-corrected chi connectivity index (χ4v) is 4.36. The summed E-state index contributed by atoms with van der Waals surface area (Å²) in [7, 11) is 3.60. The fraction of sp³-hybridized carbons (Fsp3) is 0.333. The van der Waals surface area contributed by atoms with Gasteiger partial charge in [0.05, 0.1) is 25.3 Å². The average molecular weight is 464 g/mol. The predicted molar refractivity (Wildman–Crippen MR) is 128 cm³/mol. The zero-order valence-corrected chi connectivity index (χ0v) is 19.6. The van der Waals surface area contributed by atoms with E-state index in [0.717, 1.165) is 22.1 Å². The highest BCUT2D eigenvalue weighted by Crippen LogP contribution is 2.36. The molecule has 0 bridgehead atoms. The van der Waals surface area contributed by atoms with E-state index in [0.29, 0.717) is 35.2 Å². The predicted octanol–water partition coefficient (Wildman–Crippen LogP) is 3.06. The van der Waals surface area contributed by atoms with Gasteiger partial charge >= 0.3 is 0 Å². The van der Waals surface area contributed by atoms with Crippen molar-refractivity contribution in [3.05, 3.63) is 59.2 Å². The molecule has 170 valence electrons. The Bertz CT molecular complexity index is 1390. The Labute approximate surface area is 194 Å². The van der Waals surface area contributed by atoms with Gasteiger partial charge < -0.3 is 13.9 Å². The summed E-state index contributed by atoms with van der Waals surface area (Å²) >= 11 is -1.08. The van der Waals surface area contributed by atoms with Gasteiger partial charge in [0.1, 0.15) is 5.69 Å². The summed E-state index contributed by atoms with van der Waals surface area (Å²) in [6, 6.07) is 5.77. The van der Waals surface area contributed by atoms with E-state index in [9.17, 15) is 9.35 Å². The van der Waals surface area contributed by atoms with Crippen molar-refractivity contribution in [2.75, 3.05) is 12.9 Å². The summed E-state index contributed by atoms with van der Waals surface area (Å²) in [5.74, 6) is 1.87. The van der Waals surface area contributed by atoms with Gasteiger partial charge in [-0.2, -0.15) is 5.10 Å². The molecule has 1 aliphatic carbocycles. The van der Waals surface area contributed by atoms with Crippen LogP contribution in [-0.2, 0) is 31.0 Å². The van der Waals surface area contributed by atoms with Crippen molar-refractivity contribution in [2.45, 2.75) is 18.6 Å². The first-order chi connectivity index (χ1) is 15.9. The number of pyridine rings is 1. The molecule has 0 spiro atoms. The largest absolute Gasteiger partial charge is 0.616 e. The molecular weight excluding hydrogens is 438 g/mol. The molecule has 1 saturated carbocycles. The number of hydrogen-bond acceptors (Lipinski definition) is 6. The van der Waals surface area contributed by atoms with E-state index < -0.39 is 11.2 Å². The average Bonchev–Trinajstić information content (AvgIpc) is 3.52. The second-order valence-corrected chi connectivity index (χ2v) is 10.0. The molecule has 4 aromatic rings. The van der Waals surface area contributed by atoms with Crippen LogP contribution in [0.1, 0.15) is 18.7 Å². The molecule has 8 nitrogen and oxygen atoms in total. The number of aromatic nitrogens is 5. The number of fused-ring (bicyclic) bond motifs is 1. The lowest BCUT2D eigenvalue weighted by atomic mass is 9.99. The topological polar surface area (TPSA) is 97.9 Å². The van der Waals surface area contributed by atoms with Gasteiger partial charge in [-0.3, -0.25) is 9.48 Å². The van der Waals surface area contributed by atoms with Crippen LogP contribution >= 0.6 is 0 Å². The van der Waals surface area contributed by atoms with Crippen LogP contribution in [-0.4, -0.2) is 41.7 Å². The molecule has 0 radical (unpaired) electrons. The van der Waals surface area contributed by atoms with Crippen LogP contribution in [0.15, 0.2) is 47.8 Å². The number of nitrogens with zero attached hydrogens (tertiary/aromatic N) is 5. The number of aryl methyl sites for hydroxylation is 2. The second kappa shape index (κ2) is 8.64. The minimum Gasteiger partial charge on any atom is -0.616 e. The van der Waals surface area contributed by atoms with Crippen LogP contribution in [0.3, 0.4) is 0 Å². The quantitative estimate of drug-likeness (QED) is 0.391. The third kappa shape index (κ3) is 4.51. The summed E-state index contributed by atoms with van der Waals surface area (Å²) < 4.78 is 21.2. The molecular formula is C24H25N5O3S. The van der Waals surface area contributed by atoms with E-state index in [2.05, 4.69) is 10.1 Å². The van der Waals surface area contributed by atoms with Crippen LogP contribution in [0, 0.1) is 5.92 Å². The first kappa shape index (κ1) is 21.7. The standard InChI is InChI=1S/C24H25N5O3S/c1-28-12-20(19-8-16(6-7-18(19)24(28)30)17-9-26-29(2)11-17)23-21(32-13-15-4-5-15)10-25-22(27-23)14-33(3)31/h6-12,15H,4-5,13-14H2,1-3H3. The second-order valence-electron chi connectivity index (χ2n) is 8.59. The lowest BCUT2D eigenvalue weighted by Crippen LogP contribution is -2.17.